The zero-order valence-corrected chi connectivity index (χ0v) is 9.15. The molecule has 0 radical (unpaired) electrons. The molecule has 0 aromatic carbocycles. The van der Waals surface area contributed by atoms with Gasteiger partial charge in [-0.05, 0) is 25.7 Å². The molecule has 88 valence electrons. The van der Waals surface area contributed by atoms with E-state index in [0.717, 1.165) is 25.7 Å². The van der Waals surface area contributed by atoms with Gasteiger partial charge in [0, 0.05) is 12.0 Å². The van der Waals surface area contributed by atoms with E-state index >= 15 is 0 Å². The van der Waals surface area contributed by atoms with Gasteiger partial charge < -0.3 is 11.1 Å². The SMILES string of the molecule is NC1CCC(C(=O)NCc2ncn[nH]2)CC1. The summed E-state index contributed by atoms with van der Waals surface area (Å²) in [6, 6.07) is 0.276. The van der Waals surface area contributed by atoms with Crippen LogP contribution in [0.15, 0.2) is 6.33 Å². The van der Waals surface area contributed by atoms with Gasteiger partial charge in [0.15, 0.2) is 0 Å². The lowest BCUT2D eigenvalue weighted by Crippen LogP contribution is -2.36. The largest absolute Gasteiger partial charge is 0.349 e. The van der Waals surface area contributed by atoms with E-state index in [0.29, 0.717) is 12.4 Å². The maximum atomic E-state index is 11.8. The molecule has 4 N–H and O–H groups in total. The van der Waals surface area contributed by atoms with E-state index < -0.39 is 0 Å². The van der Waals surface area contributed by atoms with Gasteiger partial charge in [-0.15, -0.1) is 0 Å². The lowest BCUT2D eigenvalue weighted by atomic mass is 9.86. The van der Waals surface area contributed by atoms with E-state index in [4.69, 9.17) is 5.73 Å². The summed E-state index contributed by atoms with van der Waals surface area (Å²) >= 11 is 0. The molecule has 1 heterocycles. The molecular weight excluding hydrogens is 206 g/mol. The molecule has 6 nitrogen and oxygen atoms in total. The molecule has 0 spiro atoms. The Bertz CT molecular complexity index is 329. The topological polar surface area (TPSA) is 96.7 Å². The molecule has 1 saturated carbocycles. The number of rotatable bonds is 3. The Labute approximate surface area is 94.0 Å². The first-order valence-electron chi connectivity index (χ1n) is 5.63. The lowest BCUT2D eigenvalue weighted by molar-refractivity contribution is -0.126. The van der Waals surface area contributed by atoms with E-state index in [1.807, 2.05) is 0 Å². The number of carbonyl (C=O) groups excluding carboxylic acids is 1. The van der Waals surface area contributed by atoms with Crippen LogP contribution in [0.4, 0.5) is 0 Å². The van der Waals surface area contributed by atoms with Crippen molar-refractivity contribution in [3.63, 3.8) is 0 Å². The molecule has 2 rings (SSSR count). The Morgan fingerprint density at radius 1 is 1.50 bits per heavy atom. The lowest BCUT2D eigenvalue weighted by Gasteiger charge is -2.24. The Morgan fingerprint density at radius 2 is 2.25 bits per heavy atom. The smallest absolute Gasteiger partial charge is 0.223 e. The van der Waals surface area contributed by atoms with Crippen LogP contribution in [0.1, 0.15) is 31.5 Å². The number of hydrogen-bond donors (Lipinski definition) is 3. The van der Waals surface area contributed by atoms with Crippen molar-refractivity contribution in [1.82, 2.24) is 20.5 Å². The summed E-state index contributed by atoms with van der Waals surface area (Å²) in [4.78, 5) is 15.7. The van der Waals surface area contributed by atoms with Gasteiger partial charge in [0.25, 0.3) is 0 Å². The molecule has 1 fully saturated rings. The van der Waals surface area contributed by atoms with E-state index in [-0.39, 0.29) is 17.9 Å². The monoisotopic (exact) mass is 223 g/mol. The molecule has 6 heteroatoms. The first kappa shape index (κ1) is 11.1. The van der Waals surface area contributed by atoms with Crippen molar-refractivity contribution in [1.29, 1.82) is 0 Å². The second-order valence-electron chi connectivity index (χ2n) is 4.26. The quantitative estimate of drug-likeness (QED) is 0.668. The fraction of sp³-hybridized carbons (Fsp3) is 0.700. The summed E-state index contributed by atoms with van der Waals surface area (Å²) in [5.41, 5.74) is 5.79. The van der Waals surface area contributed by atoms with Crippen LogP contribution in [0, 0.1) is 5.92 Å². The number of amides is 1. The fourth-order valence-corrected chi connectivity index (χ4v) is 2.01. The van der Waals surface area contributed by atoms with Crippen LogP contribution in [0.3, 0.4) is 0 Å². The number of carbonyl (C=O) groups is 1. The minimum atomic E-state index is 0.100. The number of nitrogens with one attached hydrogen (secondary N) is 2. The standard InChI is InChI=1S/C10H17N5O/c11-8-3-1-7(2-4-8)10(16)12-5-9-13-6-14-15-9/h6-8H,1-5,11H2,(H,12,16)(H,13,14,15). The molecule has 1 aromatic heterocycles. The van der Waals surface area contributed by atoms with Crippen LogP contribution < -0.4 is 11.1 Å². The van der Waals surface area contributed by atoms with Crippen molar-refractivity contribution in [2.75, 3.05) is 0 Å². The van der Waals surface area contributed by atoms with Gasteiger partial charge in [-0.2, -0.15) is 5.10 Å². The Hall–Kier alpha value is -1.43. The molecule has 1 aromatic rings. The highest BCUT2D eigenvalue weighted by molar-refractivity contribution is 5.78. The Morgan fingerprint density at radius 3 is 2.88 bits per heavy atom. The van der Waals surface area contributed by atoms with Crippen molar-refractivity contribution in [2.24, 2.45) is 11.7 Å². The number of H-pyrrole nitrogens is 1. The number of nitrogens with zero attached hydrogens (tertiary/aromatic N) is 2. The number of aromatic amines is 1. The molecule has 1 aliphatic carbocycles. The van der Waals surface area contributed by atoms with Gasteiger partial charge in [-0.25, -0.2) is 4.98 Å². The second kappa shape index (κ2) is 5.07. The molecule has 1 aliphatic rings. The van der Waals surface area contributed by atoms with Gasteiger partial charge in [0.2, 0.25) is 5.91 Å². The van der Waals surface area contributed by atoms with Crippen molar-refractivity contribution in [3.05, 3.63) is 12.2 Å². The van der Waals surface area contributed by atoms with Gasteiger partial charge in [0.1, 0.15) is 12.2 Å². The van der Waals surface area contributed by atoms with E-state index in [9.17, 15) is 4.79 Å². The number of hydrogen-bond acceptors (Lipinski definition) is 4. The molecule has 0 atom stereocenters. The van der Waals surface area contributed by atoms with E-state index in [1.165, 1.54) is 6.33 Å². The van der Waals surface area contributed by atoms with Gasteiger partial charge in [0.05, 0.1) is 6.54 Å². The van der Waals surface area contributed by atoms with Crippen molar-refractivity contribution < 1.29 is 4.79 Å². The van der Waals surface area contributed by atoms with E-state index in [1.54, 1.807) is 0 Å². The maximum absolute atomic E-state index is 11.8. The zero-order chi connectivity index (χ0) is 11.4. The van der Waals surface area contributed by atoms with Crippen LogP contribution in [0.25, 0.3) is 0 Å². The predicted octanol–water partition coefficient (Wildman–Crippen LogP) is -0.0616. The van der Waals surface area contributed by atoms with Gasteiger partial charge in [-0.3, -0.25) is 9.89 Å². The molecule has 0 saturated heterocycles. The molecular formula is C10H17N5O. The average molecular weight is 223 g/mol. The Kier molecular flexibility index (Phi) is 3.51. The highest BCUT2D eigenvalue weighted by Crippen LogP contribution is 2.23. The highest BCUT2D eigenvalue weighted by atomic mass is 16.1. The van der Waals surface area contributed by atoms with Crippen LogP contribution in [-0.4, -0.2) is 27.1 Å². The molecule has 0 unspecified atom stereocenters. The summed E-state index contributed by atoms with van der Waals surface area (Å²) in [6.07, 6.45) is 5.11. The third-order valence-corrected chi connectivity index (χ3v) is 3.04. The minimum absolute atomic E-state index is 0.100. The summed E-state index contributed by atoms with van der Waals surface area (Å²) in [5, 5.41) is 9.28. The Balaban J connectivity index is 1.75. The van der Waals surface area contributed by atoms with Crippen LogP contribution in [0.5, 0.6) is 0 Å². The average Bonchev–Trinajstić information content (AvgIpc) is 2.80. The van der Waals surface area contributed by atoms with Crippen LogP contribution in [0.2, 0.25) is 0 Å². The van der Waals surface area contributed by atoms with Crippen molar-refractivity contribution in [3.8, 4) is 0 Å². The molecule has 0 bridgehead atoms. The first-order valence-corrected chi connectivity index (χ1v) is 5.63. The van der Waals surface area contributed by atoms with Crippen molar-refractivity contribution in [2.45, 2.75) is 38.3 Å². The van der Waals surface area contributed by atoms with Gasteiger partial charge in [-0.1, -0.05) is 0 Å². The minimum Gasteiger partial charge on any atom is -0.349 e. The third-order valence-electron chi connectivity index (χ3n) is 3.04. The fourth-order valence-electron chi connectivity index (χ4n) is 2.01. The van der Waals surface area contributed by atoms with Crippen LogP contribution in [-0.2, 0) is 11.3 Å². The number of nitrogens with two attached hydrogens (primary N) is 1. The second-order valence-corrected chi connectivity index (χ2v) is 4.26. The normalized spacial score (nSPS) is 25.3. The summed E-state index contributed by atoms with van der Waals surface area (Å²) < 4.78 is 0. The van der Waals surface area contributed by atoms with Crippen LogP contribution >= 0.6 is 0 Å². The summed E-state index contributed by atoms with van der Waals surface area (Å²) in [7, 11) is 0. The van der Waals surface area contributed by atoms with E-state index in [2.05, 4.69) is 20.5 Å². The zero-order valence-electron chi connectivity index (χ0n) is 9.15. The predicted molar refractivity (Wildman–Crippen MR) is 58.2 cm³/mol. The highest BCUT2D eigenvalue weighted by Gasteiger charge is 2.24. The summed E-state index contributed by atoms with van der Waals surface area (Å²) in [5.74, 6) is 0.895. The van der Waals surface area contributed by atoms with Crippen molar-refractivity contribution >= 4 is 5.91 Å². The number of aromatic nitrogens is 3. The summed E-state index contributed by atoms with van der Waals surface area (Å²) in [6.45, 7) is 0.418. The first-order chi connectivity index (χ1) is 7.75. The molecule has 0 aliphatic heterocycles. The third kappa shape index (κ3) is 2.79. The maximum Gasteiger partial charge on any atom is 0.223 e. The molecule has 16 heavy (non-hydrogen) atoms. The molecule has 1 amide bonds. The van der Waals surface area contributed by atoms with Gasteiger partial charge >= 0.3 is 0 Å².